The summed E-state index contributed by atoms with van der Waals surface area (Å²) < 4.78 is 25.1. The van der Waals surface area contributed by atoms with E-state index in [1.165, 1.54) is 16.2 Å². The lowest BCUT2D eigenvalue weighted by atomic mass is 9.91. The summed E-state index contributed by atoms with van der Waals surface area (Å²) in [6.07, 6.45) is 8.79. The number of nitrogens with zero attached hydrogens (tertiary/aromatic N) is 10. The molecule has 0 radical (unpaired) electrons. The molecule has 6 aromatic rings. The first-order valence-corrected chi connectivity index (χ1v) is 28.7. The highest BCUT2D eigenvalue weighted by molar-refractivity contribution is 7.13. The van der Waals surface area contributed by atoms with Crippen LogP contribution in [-0.4, -0.2) is 150 Å². The maximum absolute atomic E-state index is 14.3. The first-order valence-electron chi connectivity index (χ1n) is 27.8. The highest BCUT2D eigenvalue weighted by atomic mass is 32.1. The van der Waals surface area contributed by atoms with Crippen LogP contribution in [0.3, 0.4) is 0 Å². The van der Waals surface area contributed by atoms with Crippen molar-refractivity contribution in [3.05, 3.63) is 95.6 Å². The van der Waals surface area contributed by atoms with Crippen molar-refractivity contribution in [3.63, 3.8) is 0 Å². The van der Waals surface area contributed by atoms with E-state index < -0.39 is 18.1 Å². The lowest BCUT2D eigenvalue weighted by Crippen LogP contribution is -2.54. The second-order valence-corrected chi connectivity index (χ2v) is 23.8. The number of amides is 2. The summed E-state index contributed by atoms with van der Waals surface area (Å²) >= 11 is 1.53. The molecule has 6 atom stereocenters. The molecule has 0 spiro atoms. The van der Waals surface area contributed by atoms with Gasteiger partial charge in [0.15, 0.2) is 11.6 Å². The van der Waals surface area contributed by atoms with E-state index in [9.17, 15) is 19.8 Å². The van der Waals surface area contributed by atoms with Crippen LogP contribution in [0.5, 0.6) is 17.5 Å². The van der Waals surface area contributed by atoms with Crippen molar-refractivity contribution in [2.45, 2.75) is 147 Å². The number of ether oxygens (including phenoxy) is 3. The van der Waals surface area contributed by atoms with Crippen LogP contribution in [0.2, 0.25) is 0 Å². The molecule has 79 heavy (non-hydrogen) atoms. The molecule has 11 rings (SSSR count). The normalized spacial score (nSPS) is 23.4. The number of pyridine rings is 2. The zero-order chi connectivity index (χ0) is 55.1. The maximum Gasteiger partial charge on any atom is 0.254 e. The van der Waals surface area contributed by atoms with E-state index in [0.717, 1.165) is 97.9 Å². The van der Waals surface area contributed by atoms with Crippen molar-refractivity contribution in [2.75, 3.05) is 54.9 Å². The number of phenolic OH excluding ortho intramolecular Hbond substituents is 1. The number of nitrogens with two attached hydrogens (primary N) is 1. The number of likely N-dealkylation sites (tertiary alicyclic amines) is 2. The van der Waals surface area contributed by atoms with Crippen LogP contribution in [0.15, 0.2) is 83.1 Å². The molecule has 5 N–H and O–H groups in total. The third-order valence-electron chi connectivity index (χ3n) is 16.6. The number of piperidine rings is 1. The predicted molar refractivity (Wildman–Crippen MR) is 299 cm³/mol. The molecule has 2 amide bonds. The number of thiazole rings is 1. The zero-order valence-corrected chi connectivity index (χ0v) is 46.6. The molecule has 1 saturated carbocycles. The van der Waals surface area contributed by atoms with Crippen molar-refractivity contribution < 1.29 is 38.5 Å². The summed E-state index contributed by atoms with van der Waals surface area (Å²) in [7, 11) is 0. The summed E-state index contributed by atoms with van der Waals surface area (Å²) in [6, 6.07) is 18.1. The number of benzene rings is 1. The molecule has 1 aliphatic carbocycles. The Hall–Kier alpha value is -6.94. The van der Waals surface area contributed by atoms with Gasteiger partial charge in [-0.05, 0) is 100 Å². The van der Waals surface area contributed by atoms with Gasteiger partial charge in [0.1, 0.15) is 30.4 Å². The smallest absolute Gasteiger partial charge is 0.254 e. The van der Waals surface area contributed by atoms with Gasteiger partial charge in [0, 0.05) is 105 Å². The van der Waals surface area contributed by atoms with E-state index >= 15 is 0 Å². The molecule has 5 fully saturated rings. The summed E-state index contributed by atoms with van der Waals surface area (Å²) in [5, 5.41) is 37.1. The van der Waals surface area contributed by atoms with Crippen molar-refractivity contribution in [3.8, 4) is 39.3 Å². The molecular formula is C58H72N12O8S. The van der Waals surface area contributed by atoms with Gasteiger partial charge in [0.05, 0.1) is 57.5 Å². The van der Waals surface area contributed by atoms with E-state index in [-0.39, 0.29) is 84.3 Å². The lowest BCUT2D eigenvalue weighted by molar-refractivity contribution is -0.141. The fourth-order valence-electron chi connectivity index (χ4n) is 12.2. The summed E-state index contributed by atoms with van der Waals surface area (Å²) in [5.41, 5.74) is 13.6. The lowest BCUT2D eigenvalue weighted by Gasteiger charge is -2.44. The van der Waals surface area contributed by atoms with E-state index in [1.54, 1.807) is 29.9 Å². The van der Waals surface area contributed by atoms with Gasteiger partial charge in [-0.15, -0.1) is 21.5 Å². The fraction of sp³-hybridized carbons (Fsp3) is 0.517. The Balaban J connectivity index is 0.620. The number of para-hydroxylation sites is 1. The molecule has 2 bridgehead atoms. The average Bonchev–Trinajstić information content (AvgIpc) is 4.27. The van der Waals surface area contributed by atoms with E-state index in [4.69, 9.17) is 24.5 Å². The zero-order valence-electron chi connectivity index (χ0n) is 45.8. The quantitative estimate of drug-likeness (QED) is 0.0658. The summed E-state index contributed by atoms with van der Waals surface area (Å²) in [4.78, 5) is 51.4. The molecule has 1 unspecified atom stereocenters. The van der Waals surface area contributed by atoms with Gasteiger partial charge in [0.2, 0.25) is 17.7 Å². The highest BCUT2D eigenvalue weighted by Crippen LogP contribution is 2.41. The van der Waals surface area contributed by atoms with Crippen molar-refractivity contribution >= 4 is 40.3 Å². The Morgan fingerprint density at radius 1 is 0.886 bits per heavy atom. The topological polar surface area (TPSA) is 244 Å². The fourth-order valence-corrected chi connectivity index (χ4v) is 12.9. The second-order valence-electron chi connectivity index (χ2n) is 23.0. The number of nitrogens with one attached hydrogen (secondary N) is 1. The Labute approximate surface area is 464 Å². The number of anilines is 3. The monoisotopic (exact) mass is 1100 g/mol. The second kappa shape index (κ2) is 22.7. The van der Waals surface area contributed by atoms with Crippen molar-refractivity contribution in [1.29, 1.82) is 0 Å². The van der Waals surface area contributed by atoms with Crippen LogP contribution in [0.25, 0.3) is 21.8 Å². The van der Waals surface area contributed by atoms with Crippen LogP contribution in [0.4, 0.5) is 17.2 Å². The van der Waals surface area contributed by atoms with Crippen LogP contribution in [0.1, 0.15) is 109 Å². The van der Waals surface area contributed by atoms with Crippen LogP contribution in [0, 0.1) is 12.8 Å². The van der Waals surface area contributed by atoms with Crippen LogP contribution in [-0.2, 0) is 14.3 Å². The van der Waals surface area contributed by atoms with E-state index in [0.29, 0.717) is 35.3 Å². The van der Waals surface area contributed by atoms with Crippen molar-refractivity contribution in [2.24, 2.45) is 5.92 Å². The van der Waals surface area contributed by atoms with Gasteiger partial charge in [-0.1, -0.05) is 32.0 Å². The summed E-state index contributed by atoms with van der Waals surface area (Å²) in [5.74, 6) is 0.206. The molecule has 4 aliphatic heterocycles. The Kier molecular flexibility index (Phi) is 15.5. The molecule has 1 aromatic carbocycles. The Morgan fingerprint density at radius 2 is 1.66 bits per heavy atom. The first kappa shape index (κ1) is 54.0. The number of β-amino-alcohol motifs (C(OH)–C–C–N with tert-alkyl or cyclic N) is 1. The number of aliphatic hydroxyl groups excluding tert-OH is 1. The van der Waals surface area contributed by atoms with Crippen molar-refractivity contribution in [1.82, 2.24) is 45.4 Å². The predicted octanol–water partition coefficient (Wildman–Crippen LogP) is 7.33. The standard InChI is InChI=1S/C58H72N12O8S/c1-33(2)53(57(74)69-30-40(71)22-48(69)56(73)63-34(3)36-11-14-45(61-27-36)54-35(4)62-32-79-54)50-26-52(66-78-50)75-31-58(5,6)68-19-16-41(17-20-68)76-42-23-43(24-42)77-51-21-37(15-18-60-51)70-38-12-13-39(70)29-67(28-38)47-25-46(64-65-55(47)59)44-9-7-8-10-49(44)72/h7-11,14-15,18,21,25-27,32-34,38-43,48,53,71-72H,12-13,16-17,19-20,22-24,28-31H2,1-6H3,(H2,59,65)(H,63,73)/t34-,38+,39?,40+,42?,43?,48-,53+/m0/s1. The minimum absolute atomic E-state index is 0.0347. The van der Waals surface area contributed by atoms with E-state index in [1.807, 2.05) is 64.2 Å². The van der Waals surface area contributed by atoms with Crippen LogP contribution < -0.4 is 30.3 Å². The minimum atomic E-state index is -0.858. The number of carbonyl (C=O) groups excluding carboxylic acids is 2. The molecular weight excluding hydrogens is 1020 g/mol. The number of nitrogen functional groups attached to an aromatic ring is 1. The number of carbonyl (C=O) groups is 2. The third kappa shape index (κ3) is 11.6. The van der Waals surface area contributed by atoms with Gasteiger partial charge in [-0.25, -0.2) is 9.97 Å². The maximum atomic E-state index is 14.3. The van der Waals surface area contributed by atoms with Gasteiger partial charge in [-0.2, -0.15) is 0 Å². The third-order valence-corrected chi connectivity index (χ3v) is 17.6. The summed E-state index contributed by atoms with van der Waals surface area (Å²) in [6.45, 7) is 15.6. The number of aryl methyl sites for hydroxylation is 1. The largest absolute Gasteiger partial charge is 0.507 e. The van der Waals surface area contributed by atoms with Gasteiger partial charge in [0.25, 0.3) is 5.88 Å². The van der Waals surface area contributed by atoms with Gasteiger partial charge < -0.3 is 54.7 Å². The number of piperazine rings is 1. The number of phenols is 1. The molecule has 418 valence electrons. The molecule has 5 aromatic heterocycles. The average molecular weight is 1100 g/mol. The molecule has 9 heterocycles. The SMILES string of the molecule is Cc1ncsc1-c1ccc([C@H](C)NC(=O)[C@@H]2C[C@@H](O)CN2C(=O)[C@@H](c2cc(OCC(C)(C)N3CCC(OC4CC(Oc5cc(N6C7CC[C@@H]6CN(c6cc(-c8ccccc8O)nnc6N)C7)ccn5)C4)CC3)no2)C(C)C)cn1. The Morgan fingerprint density at radius 3 is 2.37 bits per heavy atom. The number of fused-ring (bicyclic) bond motifs is 2. The molecule has 4 saturated heterocycles. The van der Waals surface area contributed by atoms with Crippen LogP contribution >= 0.6 is 11.3 Å². The number of rotatable bonds is 18. The molecule has 5 aliphatic rings. The number of hydrogen-bond acceptors (Lipinski definition) is 19. The molecule has 20 nitrogen and oxygen atoms in total. The molecule has 21 heteroatoms. The van der Waals surface area contributed by atoms with Gasteiger partial charge >= 0.3 is 0 Å². The number of hydrogen-bond donors (Lipinski definition) is 4. The van der Waals surface area contributed by atoms with Gasteiger partial charge in [-0.3, -0.25) is 19.5 Å². The number of aromatic hydroxyl groups is 1. The Bertz CT molecular complexity index is 3090. The number of aromatic nitrogens is 6. The number of aliphatic hydroxyl groups is 1. The van der Waals surface area contributed by atoms with E-state index in [2.05, 4.69) is 76.3 Å². The minimum Gasteiger partial charge on any atom is -0.507 e. The first-order chi connectivity index (χ1) is 38.0. The highest BCUT2D eigenvalue weighted by Gasteiger charge is 2.45.